The Morgan fingerprint density at radius 2 is 2.00 bits per heavy atom. The Bertz CT molecular complexity index is 568. The first-order chi connectivity index (χ1) is 12.8. The van der Waals surface area contributed by atoms with Crippen LogP contribution in [0.4, 0.5) is 0 Å². The fraction of sp³-hybridized carbons (Fsp3) is 0.750. The second-order valence-corrected chi connectivity index (χ2v) is 8.42. The normalized spacial score (nSPS) is 19.4. The van der Waals surface area contributed by atoms with Crippen LogP contribution in [0.2, 0.25) is 0 Å². The van der Waals surface area contributed by atoms with Gasteiger partial charge in [-0.1, -0.05) is 6.92 Å². The molecule has 3 heterocycles. The molecule has 0 amide bonds. The van der Waals surface area contributed by atoms with E-state index >= 15 is 0 Å². The molecule has 1 aromatic rings. The maximum atomic E-state index is 4.84. The molecular formula is C20H36IN5S. The number of guanidine groups is 1. The highest BCUT2D eigenvalue weighted by Gasteiger charge is 2.19. The number of aliphatic imine (C=N–C) groups is 1. The minimum absolute atomic E-state index is 0. The van der Waals surface area contributed by atoms with Crippen molar-refractivity contribution >= 4 is 41.3 Å². The van der Waals surface area contributed by atoms with Crippen molar-refractivity contribution in [2.75, 3.05) is 45.8 Å². The Hall–Kier alpha value is -0.380. The van der Waals surface area contributed by atoms with Gasteiger partial charge in [-0.05, 0) is 56.2 Å². The number of hydrogen-bond donors (Lipinski definition) is 2. The topological polar surface area (TPSA) is 42.9 Å². The molecule has 1 saturated heterocycles. The van der Waals surface area contributed by atoms with Crippen LogP contribution < -0.4 is 10.6 Å². The van der Waals surface area contributed by atoms with Crippen molar-refractivity contribution in [3.63, 3.8) is 0 Å². The lowest BCUT2D eigenvalue weighted by Crippen LogP contribution is -2.49. The van der Waals surface area contributed by atoms with E-state index in [9.17, 15) is 0 Å². The minimum Gasteiger partial charge on any atom is -0.357 e. The number of nitrogens with one attached hydrogen (secondary N) is 2. The zero-order valence-corrected chi connectivity index (χ0v) is 20.0. The quantitative estimate of drug-likeness (QED) is 0.340. The second-order valence-electron chi connectivity index (χ2n) is 7.42. The average molecular weight is 506 g/mol. The van der Waals surface area contributed by atoms with Gasteiger partial charge in [0.1, 0.15) is 0 Å². The van der Waals surface area contributed by atoms with Gasteiger partial charge in [0.2, 0.25) is 0 Å². The monoisotopic (exact) mass is 505 g/mol. The molecule has 2 aliphatic rings. The molecule has 0 saturated carbocycles. The average Bonchev–Trinajstić information content (AvgIpc) is 3.11. The summed E-state index contributed by atoms with van der Waals surface area (Å²) in [6.45, 7) is 13.2. The molecule has 2 N–H and O–H groups in total. The van der Waals surface area contributed by atoms with Crippen LogP contribution in [-0.2, 0) is 13.0 Å². The van der Waals surface area contributed by atoms with Gasteiger partial charge >= 0.3 is 0 Å². The Labute approximate surface area is 186 Å². The van der Waals surface area contributed by atoms with Gasteiger partial charge in [-0.15, -0.1) is 35.3 Å². The molecule has 154 valence electrons. The standard InChI is InChI=1S/C20H35N5S.HI/c1-3-10-24-11-5-18(6-12-24)23-20(21-4-2)22-9-14-25-13-7-19-17(16-25)8-15-26-19;/h8,15,18H,3-7,9-14,16H2,1-2H3,(H2,21,22,23);1H. The van der Waals surface area contributed by atoms with Crippen molar-refractivity contribution < 1.29 is 0 Å². The molecule has 0 spiro atoms. The summed E-state index contributed by atoms with van der Waals surface area (Å²) in [5, 5.41) is 9.32. The van der Waals surface area contributed by atoms with Crippen LogP contribution in [0.3, 0.4) is 0 Å². The lowest BCUT2D eigenvalue weighted by atomic mass is 10.1. The predicted molar refractivity (Wildman–Crippen MR) is 128 cm³/mol. The van der Waals surface area contributed by atoms with Crippen LogP contribution in [0, 0.1) is 0 Å². The number of halogens is 1. The predicted octanol–water partition coefficient (Wildman–Crippen LogP) is 3.15. The third kappa shape index (κ3) is 7.18. The van der Waals surface area contributed by atoms with Crippen molar-refractivity contribution in [3.8, 4) is 0 Å². The van der Waals surface area contributed by atoms with Crippen LogP contribution in [-0.4, -0.2) is 67.6 Å². The third-order valence-corrected chi connectivity index (χ3v) is 6.41. The summed E-state index contributed by atoms with van der Waals surface area (Å²) < 4.78 is 0. The van der Waals surface area contributed by atoms with Gasteiger partial charge in [-0.3, -0.25) is 9.89 Å². The lowest BCUT2D eigenvalue weighted by Gasteiger charge is -2.33. The molecule has 3 rings (SSSR count). The smallest absolute Gasteiger partial charge is 0.191 e. The highest BCUT2D eigenvalue weighted by molar-refractivity contribution is 14.0. The van der Waals surface area contributed by atoms with E-state index in [1.165, 1.54) is 57.4 Å². The molecule has 0 bridgehead atoms. The van der Waals surface area contributed by atoms with Crippen LogP contribution >= 0.6 is 35.3 Å². The Morgan fingerprint density at radius 3 is 2.74 bits per heavy atom. The van der Waals surface area contributed by atoms with Gasteiger partial charge in [0.15, 0.2) is 5.96 Å². The number of hydrogen-bond acceptors (Lipinski definition) is 4. The van der Waals surface area contributed by atoms with Gasteiger partial charge in [0.05, 0.1) is 6.54 Å². The van der Waals surface area contributed by atoms with Crippen LogP contribution in [0.15, 0.2) is 16.4 Å². The summed E-state index contributed by atoms with van der Waals surface area (Å²) in [4.78, 5) is 11.5. The number of nitrogens with zero attached hydrogens (tertiary/aromatic N) is 3. The van der Waals surface area contributed by atoms with E-state index in [0.717, 1.165) is 32.1 Å². The number of fused-ring (bicyclic) bond motifs is 1. The van der Waals surface area contributed by atoms with Gasteiger partial charge in [-0.25, -0.2) is 0 Å². The molecule has 0 radical (unpaired) electrons. The maximum absolute atomic E-state index is 4.84. The van der Waals surface area contributed by atoms with Crippen LogP contribution in [0.25, 0.3) is 0 Å². The van der Waals surface area contributed by atoms with E-state index in [0.29, 0.717) is 6.04 Å². The molecule has 0 aliphatic carbocycles. The van der Waals surface area contributed by atoms with E-state index in [2.05, 4.69) is 45.7 Å². The molecule has 7 heteroatoms. The van der Waals surface area contributed by atoms with Crippen molar-refractivity contribution in [1.82, 2.24) is 20.4 Å². The highest BCUT2D eigenvalue weighted by atomic mass is 127. The largest absolute Gasteiger partial charge is 0.357 e. The fourth-order valence-electron chi connectivity index (χ4n) is 3.93. The number of thiophene rings is 1. The van der Waals surface area contributed by atoms with Crippen molar-refractivity contribution in [1.29, 1.82) is 0 Å². The molecule has 1 fully saturated rings. The molecule has 0 atom stereocenters. The van der Waals surface area contributed by atoms with Crippen molar-refractivity contribution in [2.45, 2.75) is 52.1 Å². The minimum atomic E-state index is 0. The highest BCUT2D eigenvalue weighted by Crippen LogP contribution is 2.23. The van der Waals surface area contributed by atoms with Gasteiger partial charge in [-0.2, -0.15) is 0 Å². The van der Waals surface area contributed by atoms with Crippen LogP contribution in [0.5, 0.6) is 0 Å². The van der Waals surface area contributed by atoms with Gasteiger partial charge in [0.25, 0.3) is 0 Å². The van der Waals surface area contributed by atoms with E-state index in [1.807, 2.05) is 11.3 Å². The van der Waals surface area contributed by atoms with Gasteiger partial charge in [0, 0.05) is 50.2 Å². The Kier molecular flexibility index (Phi) is 10.4. The van der Waals surface area contributed by atoms with Crippen LogP contribution in [0.1, 0.15) is 43.6 Å². The second kappa shape index (κ2) is 12.2. The molecule has 0 unspecified atom stereocenters. The summed E-state index contributed by atoms with van der Waals surface area (Å²) in [5.74, 6) is 0.995. The number of likely N-dealkylation sites (tertiary alicyclic amines) is 1. The first kappa shape index (κ1) is 22.9. The molecular weight excluding hydrogens is 469 g/mol. The first-order valence-electron chi connectivity index (χ1n) is 10.3. The third-order valence-electron chi connectivity index (χ3n) is 5.39. The van der Waals surface area contributed by atoms with E-state index < -0.39 is 0 Å². The Morgan fingerprint density at radius 1 is 1.19 bits per heavy atom. The summed E-state index contributed by atoms with van der Waals surface area (Å²) in [5.41, 5.74) is 1.52. The van der Waals surface area contributed by atoms with E-state index in [1.54, 1.807) is 4.88 Å². The molecule has 1 aromatic heterocycles. The maximum Gasteiger partial charge on any atom is 0.191 e. The summed E-state index contributed by atoms with van der Waals surface area (Å²) in [6.07, 6.45) is 4.89. The van der Waals surface area contributed by atoms with Crippen molar-refractivity contribution in [2.24, 2.45) is 4.99 Å². The zero-order valence-electron chi connectivity index (χ0n) is 16.9. The van der Waals surface area contributed by atoms with Crippen molar-refractivity contribution in [3.05, 3.63) is 21.9 Å². The lowest BCUT2D eigenvalue weighted by molar-refractivity contribution is 0.206. The summed E-state index contributed by atoms with van der Waals surface area (Å²) in [7, 11) is 0. The molecule has 2 aliphatic heterocycles. The van der Waals surface area contributed by atoms with Gasteiger partial charge < -0.3 is 15.5 Å². The SMILES string of the molecule is CCCN1CCC(NC(=NCCN2CCc3sccc3C2)NCC)CC1.I. The molecule has 0 aromatic carbocycles. The number of piperidine rings is 1. The summed E-state index contributed by atoms with van der Waals surface area (Å²) >= 11 is 1.91. The zero-order chi connectivity index (χ0) is 18.2. The molecule has 27 heavy (non-hydrogen) atoms. The number of rotatable bonds is 7. The van der Waals surface area contributed by atoms with E-state index in [4.69, 9.17) is 4.99 Å². The Balaban J connectivity index is 0.00000261. The first-order valence-corrected chi connectivity index (χ1v) is 11.2. The van der Waals surface area contributed by atoms with E-state index in [-0.39, 0.29) is 24.0 Å². The summed E-state index contributed by atoms with van der Waals surface area (Å²) in [6, 6.07) is 2.84. The molecule has 5 nitrogen and oxygen atoms in total. The fourth-order valence-corrected chi connectivity index (χ4v) is 4.82.